The summed E-state index contributed by atoms with van der Waals surface area (Å²) in [5.74, 6) is 1.12. The molecule has 0 radical (unpaired) electrons. The second-order valence-electron chi connectivity index (χ2n) is 7.86. The third kappa shape index (κ3) is 5.37. The van der Waals surface area contributed by atoms with Gasteiger partial charge in [0.05, 0.1) is 24.1 Å². The molecule has 0 atom stereocenters. The summed E-state index contributed by atoms with van der Waals surface area (Å²) in [5, 5.41) is 8.65. The molecule has 4 aromatic rings. The Balaban J connectivity index is 1.45. The number of amides is 1. The van der Waals surface area contributed by atoms with Gasteiger partial charge in [0.2, 0.25) is 5.91 Å². The number of aromatic nitrogens is 3. The number of aryl methyl sites for hydroxylation is 3. The Bertz CT molecular complexity index is 1250. The molecule has 2 aromatic carbocycles. The molecule has 33 heavy (non-hydrogen) atoms. The summed E-state index contributed by atoms with van der Waals surface area (Å²) in [4.78, 5) is 17.2. The second-order valence-corrected chi connectivity index (χ2v) is 8.86. The number of hydrogen-bond acceptors (Lipinski definition) is 5. The third-order valence-corrected chi connectivity index (χ3v) is 6.39. The molecule has 1 amide bonds. The number of carbonyl (C=O) groups excluding carboxylic acids is 1. The molecule has 0 aliphatic rings. The van der Waals surface area contributed by atoms with Crippen molar-refractivity contribution in [3.63, 3.8) is 0 Å². The molecule has 6 nitrogen and oxygen atoms in total. The average molecular weight is 461 g/mol. The zero-order valence-electron chi connectivity index (χ0n) is 19.2. The van der Waals surface area contributed by atoms with Gasteiger partial charge in [0, 0.05) is 17.8 Å². The Hall–Kier alpha value is -3.32. The van der Waals surface area contributed by atoms with E-state index in [4.69, 9.17) is 14.8 Å². The molecule has 0 aliphatic carbocycles. The van der Waals surface area contributed by atoms with Crippen LogP contribution in [-0.2, 0) is 11.2 Å². The van der Waals surface area contributed by atoms with Crippen LogP contribution < -0.4 is 10.1 Å². The minimum absolute atomic E-state index is 0.0181. The maximum Gasteiger partial charge on any atom is 0.230 e. The van der Waals surface area contributed by atoms with E-state index in [-0.39, 0.29) is 5.91 Å². The molecule has 0 bridgehead atoms. The summed E-state index contributed by atoms with van der Waals surface area (Å²) in [7, 11) is 1.66. The molecule has 1 N–H and O–H groups in total. The van der Waals surface area contributed by atoms with Crippen molar-refractivity contribution in [1.82, 2.24) is 19.9 Å². The SMILES string of the molecule is COc1ccccc1-c1c(C)nn2c(SCC(=O)NCCCc3ccccc3)cc(C)nc12. The molecule has 2 aromatic heterocycles. The van der Waals surface area contributed by atoms with Gasteiger partial charge >= 0.3 is 0 Å². The van der Waals surface area contributed by atoms with Crippen molar-refractivity contribution in [3.05, 3.63) is 77.6 Å². The molecule has 4 rings (SSSR count). The number of hydrogen-bond donors (Lipinski definition) is 1. The standard InChI is InChI=1S/C26H28N4O2S/c1-18-16-24(33-17-23(31)27-15-9-12-20-10-5-4-6-11-20)30-26(28-18)25(19(2)29-30)21-13-7-8-14-22(21)32-3/h4-8,10-11,13-14,16H,9,12,15,17H2,1-3H3,(H,27,31). The number of ether oxygens (including phenoxy) is 1. The Morgan fingerprint density at radius 2 is 1.85 bits per heavy atom. The van der Waals surface area contributed by atoms with Crippen LogP contribution in [0.15, 0.2) is 65.7 Å². The minimum Gasteiger partial charge on any atom is -0.496 e. The van der Waals surface area contributed by atoms with E-state index in [1.54, 1.807) is 7.11 Å². The molecule has 170 valence electrons. The summed E-state index contributed by atoms with van der Waals surface area (Å²) >= 11 is 1.47. The molecule has 0 saturated heterocycles. The highest BCUT2D eigenvalue weighted by Gasteiger charge is 2.19. The fraction of sp³-hybridized carbons (Fsp3) is 0.269. The number of rotatable bonds is 9. The van der Waals surface area contributed by atoms with Gasteiger partial charge < -0.3 is 10.1 Å². The second kappa shape index (κ2) is 10.5. The van der Waals surface area contributed by atoms with Crippen molar-refractivity contribution in [2.75, 3.05) is 19.4 Å². The smallest absolute Gasteiger partial charge is 0.230 e. The van der Waals surface area contributed by atoms with Crippen LogP contribution in [0.25, 0.3) is 16.8 Å². The highest BCUT2D eigenvalue weighted by atomic mass is 32.2. The van der Waals surface area contributed by atoms with Crippen molar-refractivity contribution in [2.24, 2.45) is 0 Å². The van der Waals surface area contributed by atoms with Gasteiger partial charge in [-0.15, -0.1) is 0 Å². The van der Waals surface area contributed by atoms with Gasteiger partial charge in [-0.3, -0.25) is 4.79 Å². The Morgan fingerprint density at radius 1 is 1.09 bits per heavy atom. The summed E-state index contributed by atoms with van der Waals surface area (Å²) in [5.41, 5.74) is 5.70. The first-order valence-electron chi connectivity index (χ1n) is 11.0. The fourth-order valence-corrected chi connectivity index (χ4v) is 4.72. The number of nitrogens with zero attached hydrogens (tertiary/aromatic N) is 3. The van der Waals surface area contributed by atoms with Gasteiger partial charge in [0.15, 0.2) is 5.65 Å². The highest BCUT2D eigenvalue weighted by molar-refractivity contribution is 7.99. The highest BCUT2D eigenvalue weighted by Crippen LogP contribution is 2.35. The maximum absolute atomic E-state index is 12.4. The Morgan fingerprint density at radius 3 is 2.64 bits per heavy atom. The van der Waals surface area contributed by atoms with Gasteiger partial charge in [0.25, 0.3) is 0 Å². The third-order valence-electron chi connectivity index (χ3n) is 5.39. The monoisotopic (exact) mass is 460 g/mol. The lowest BCUT2D eigenvalue weighted by molar-refractivity contribution is -0.118. The number of fused-ring (bicyclic) bond motifs is 1. The topological polar surface area (TPSA) is 68.5 Å². The number of thioether (sulfide) groups is 1. The maximum atomic E-state index is 12.4. The van der Waals surface area contributed by atoms with E-state index < -0.39 is 0 Å². The van der Waals surface area contributed by atoms with Crippen LogP contribution >= 0.6 is 11.8 Å². The molecule has 0 fully saturated rings. The van der Waals surface area contributed by atoms with E-state index in [0.29, 0.717) is 12.3 Å². The van der Waals surface area contributed by atoms with Crippen LogP contribution in [0, 0.1) is 13.8 Å². The van der Waals surface area contributed by atoms with Gasteiger partial charge in [0.1, 0.15) is 10.8 Å². The average Bonchev–Trinajstić information content (AvgIpc) is 3.16. The summed E-state index contributed by atoms with van der Waals surface area (Å²) in [6, 6.07) is 20.2. The van der Waals surface area contributed by atoms with E-state index in [1.165, 1.54) is 17.3 Å². The first kappa shape index (κ1) is 22.9. The number of methoxy groups -OCH3 is 1. The zero-order valence-corrected chi connectivity index (χ0v) is 20.0. The van der Waals surface area contributed by atoms with Gasteiger partial charge in [-0.25, -0.2) is 9.50 Å². The van der Waals surface area contributed by atoms with Crippen LogP contribution in [0.4, 0.5) is 0 Å². The molecule has 0 spiro atoms. The van der Waals surface area contributed by atoms with Gasteiger partial charge in [-0.05, 0) is 44.4 Å². The number of benzene rings is 2. The number of carbonyl (C=O) groups is 1. The Kier molecular flexibility index (Phi) is 7.29. The van der Waals surface area contributed by atoms with Crippen LogP contribution in [0.1, 0.15) is 23.4 Å². The van der Waals surface area contributed by atoms with Crippen molar-refractivity contribution < 1.29 is 9.53 Å². The largest absolute Gasteiger partial charge is 0.496 e. The lowest BCUT2D eigenvalue weighted by atomic mass is 10.1. The van der Waals surface area contributed by atoms with Crippen molar-refractivity contribution in [3.8, 4) is 16.9 Å². The van der Waals surface area contributed by atoms with Gasteiger partial charge in [-0.1, -0.05) is 60.3 Å². The van der Waals surface area contributed by atoms with E-state index >= 15 is 0 Å². The van der Waals surface area contributed by atoms with E-state index in [9.17, 15) is 4.79 Å². The van der Waals surface area contributed by atoms with Crippen LogP contribution in [-0.4, -0.2) is 39.9 Å². The predicted octanol–water partition coefficient (Wildman–Crippen LogP) is 4.86. The first-order valence-corrected chi connectivity index (χ1v) is 12.0. The summed E-state index contributed by atoms with van der Waals surface area (Å²) in [6.45, 7) is 4.60. The van der Waals surface area contributed by atoms with E-state index in [1.807, 2.05) is 66.9 Å². The van der Waals surface area contributed by atoms with Crippen LogP contribution in [0.5, 0.6) is 5.75 Å². The molecule has 2 heterocycles. The molecular formula is C26H28N4O2S. The fourth-order valence-electron chi connectivity index (χ4n) is 3.84. The van der Waals surface area contributed by atoms with Crippen molar-refractivity contribution in [2.45, 2.75) is 31.7 Å². The lowest BCUT2D eigenvalue weighted by Crippen LogP contribution is -2.26. The van der Waals surface area contributed by atoms with E-state index in [2.05, 4.69) is 17.4 Å². The van der Waals surface area contributed by atoms with E-state index in [0.717, 1.165) is 51.8 Å². The zero-order chi connectivity index (χ0) is 23.2. The summed E-state index contributed by atoms with van der Waals surface area (Å²) in [6.07, 6.45) is 1.87. The Labute approximate surface area is 198 Å². The number of para-hydroxylation sites is 1. The minimum atomic E-state index is 0.0181. The summed E-state index contributed by atoms with van der Waals surface area (Å²) < 4.78 is 7.40. The quantitative estimate of drug-likeness (QED) is 0.219. The number of nitrogens with one attached hydrogen (secondary N) is 1. The van der Waals surface area contributed by atoms with Crippen molar-refractivity contribution >= 4 is 23.3 Å². The molecule has 0 unspecified atom stereocenters. The molecular weight excluding hydrogens is 432 g/mol. The molecule has 0 saturated carbocycles. The normalized spacial score (nSPS) is 11.0. The molecule has 0 aliphatic heterocycles. The predicted molar refractivity (Wildman–Crippen MR) is 133 cm³/mol. The first-order chi connectivity index (χ1) is 16.1. The lowest BCUT2D eigenvalue weighted by Gasteiger charge is -2.09. The van der Waals surface area contributed by atoms with Gasteiger partial charge in [-0.2, -0.15) is 5.10 Å². The van der Waals surface area contributed by atoms with Crippen molar-refractivity contribution in [1.29, 1.82) is 0 Å². The van der Waals surface area contributed by atoms with Crippen LogP contribution in [0.2, 0.25) is 0 Å². The molecule has 7 heteroatoms. The van der Waals surface area contributed by atoms with Crippen LogP contribution in [0.3, 0.4) is 0 Å².